The van der Waals surface area contributed by atoms with Gasteiger partial charge < -0.3 is 9.47 Å². The zero-order valence-corrected chi connectivity index (χ0v) is 16.2. The van der Waals surface area contributed by atoms with Crippen LogP contribution >= 0.6 is 0 Å². The van der Waals surface area contributed by atoms with Crippen molar-refractivity contribution in [3.05, 3.63) is 101 Å². The Kier molecular flexibility index (Phi) is 6.89. The molecule has 0 aromatic heterocycles. The molecule has 0 unspecified atom stereocenters. The first-order valence-electron chi connectivity index (χ1n) is 9.05. The molecular formula is C23H19FN2O4. The lowest BCUT2D eigenvalue weighted by molar-refractivity contribution is 0.0600. The van der Waals surface area contributed by atoms with Crippen LogP contribution in [0.4, 0.5) is 4.39 Å². The van der Waals surface area contributed by atoms with E-state index < -0.39 is 17.7 Å². The molecule has 0 aliphatic carbocycles. The van der Waals surface area contributed by atoms with Crippen molar-refractivity contribution in [2.75, 3.05) is 7.11 Å². The summed E-state index contributed by atoms with van der Waals surface area (Å²) in [5.74, 6) is -0.683. The van der Waals surface area contributed by atoms with Crippen molar-refractivity contribution in [1.82, 2.24) is 5.43 Å². The van der Waals surface area contributed by atoms with Gasteiger partial charge in [0.1, 0.15) is 18.2 Å². The molecule has 6 nitrogen and oxygen atoms in total. The highest BCUT2D eigenvalue weighted by molar-refractivity contribution is 5.95. The van der Waals surface area contributed by atoms with Crippen LogP contribution in [-0.4, -0.2) is 25.2 Å². The maximum Gasteiger partial charge on any atom is 0.337 e. The second-order valence-corrected chi connectivity index (χ2v) is 6.22. The molecule has 0 radical (unpaired) electrons. The van der Waals surface area contributed by atoms with Crippen LogP contribution in [0.15, 0.2) is 77.9 Å². The molecule has 0 aliphatic rings. The molecule has 30 heavy (non-hydrogen) atoms. The average Bonchev–Trinajstić information content (AvgIpc) is 2.78. The quantitative estimate of drug-likeness (QED) is 0.366. The minimum Gasteiger partial charge on any atom is -0.488 e. The number of ether oxygens (including phenoxy) is 2. The normalized spacial score (nSPS) is 10.6. The summed E-state index contributed by atoms with van der Waals surface area (Å²) in [7, 11) is 1.33. The predicted octanol–water partition coefficient (Wildman–Crippen LogP) is 3.96. The number of esters is 1. The number of carbonyl (C=O) groups is 2. The topological polar surface area (TPSA) is 77.0 Å². The molecule has 7 heteroatoms. The Balaban J connectivity index is 1.61. The van der Waals surface area contributed by atoms with Crippen LogP contribution in [-0.2, 0) is 11.3 Å². The van der Waals surface area contributed by atoms with E-state index in [0.29, 0.717) is 22.4 Å². The number of hydrogen-bond acceptors (Lipinski definition) is 5. The highest BCUT2D eigenvalue weighted by atomic mass is 19.1. The summed E-state index contributed by atoms with van der Waals surface area (Å²) in [5, 5.41) is 3.95. The van der Waals surface area contributed by atoms with Gasteiger partial charge in [-0.05, 0) is 54.1 Å². The number of para-hydroxylation sites is 1. The molecule has 0 saturated carbocycles. The third-order valence-corrected chi connectivity index (χ3v) is 4.16. The van der Waals surface area contributed by atoms with Gasteiger partial charge in [-0.1, -0.05) is 24.3 Å². The maximum absolute atomic E-state index is 12.9. The summed E-state index contributed by atoms with van der Waals surface area (Å²) in [5.41, 5.74) is 4.71. The number of hydrazone groups is 1. The first-order chi connectivity index (χ1) is 14.6. The Morgan fingerprint density at radius 1 is 0.967 bits per heavy atom. The van der Waals surface area contributed by atoms with Crippen LogP contribution in [0, 0.1) is 5.82 Å². The zero-order chi connectivity index (χ0) is 21.3. The molecule has 0 saturated heterocycles. The third kappa shape index (κ3) is 5.51. The van der Waals surface area contributed by atoms with Crippen LogP contribution in [0.25, 0.3) is 0 Å². The molecule has 1 N–H and O–H groups in total. The molecule has 3 rings (SSSR count). The molecule has 0 fully saturated rings. The number of hydrogen-bond donors (Lipinski definition) is 1. The van der Waals surface area contributed by atoms with Gasteiger partial charge in [0.2, 0.25) is 0 Å². The maximum atomic E-state index is 12.9. The van der Waals surface area contributed by atoms with E-state index >= 15 is 0 Å². The Bertz CT molecular complexity index is 1050. The molecule has 0 aliphatic heterocycles. The minimum absolute atomic E-state index is 0.286. The molecule has 0 spiro atoms. The van der Waals surface area contributed by atoms with E-state index in [1.165, 1.54) is 37.6 Å². The number of carbonyl (C=O) groups excluding carboxylic acids is 2. The fourth-order valence-electron chi connectivity index (χ4n) is 2.56. The van der Waals surface area contributed by atoms with Crippen LogP contribution in [0.5, 0.6) is 5.75 Å². The lowest BCUT2D eigenvalue weighted by atomic mass is 10.1. The summed E-state index contributed by atoms with van der Waals surface area (Å²) in [4.78, 5) is 23.5. The Morgan fingerprint density at radius 2 is 1.63 bits per heavy atom. The number of rotatable bonds is 7. The van der Waals surface area contributed by atoms with Crippen molar-refractivity contribution >= 4 is 18.1 Å². The first kappa shape index (κ1) is 20.7. The molecule has 0 bridgehead atoms. The van der Waals surface area contributed by atoms with Crippen molar-refractivity contribution in [2.24, 2.45) is 5.10 Å². The number of nitrogens with zero attached hydrogens (tertiary/aromatic N) is 1. The third-order valence-electron chi connectivity index (χ3n) is 4.16. The molecule has 1 amide bonds. The summed E-state index contributed by atoms with van der Waals surface area (Å²) in [6.45, 7) is 0.286. The van der Waals surface area contributed by atoms with Gasteiger partial charge in [-0.3, -0.25) is 4.79 Å². The van der Waals surface area contributed by atoms with Gasteiger partial charge in [-0.25, -0.2) is 14.6 Å². The van der Waals surface area contributed by atoms with Crippen molar-refractivity contribution < 1.29 is 23.5 Å². The van der Waals surface area contributed by atoms with E-state index in [9.17, 15) is 14.0 Å². The largest absolute Gasteiger partial charge is 0.488 e. The monoisotopic (exact) mass is 406 g/mol. The van der Waals surface area contributed by atoms with Gasteiger partial charge >= 0.3 is 5.97 Å². The predicted molar refractivity (Wildman–Crippen MR) is 110 cm³/mol. The molecule has 0 heterocycles. The van der Waals surface area contributed by atoms with E-state index in [1.807, 2.05) is 12.1 Å². The van der Waals surface area contributed by atoms with Gasteiger partial charge in [-0.2, -0.15) is 5.10 Å². The van der Waals surface area contributed by atoms with Gasteiger partial charge in [0.15, 0.2) is 0 Å². The van der Waals surface area contributed by atoms with Crippen LogP contribution in [0.3, 0.4) is 0 Å². The smallest absolute Gasteiger partial charge is 0.337 e. The average molecular weight is 406 g/mol. The van der Waals surface area contributed by atoms with Crippen molar-refractivity contribution in [1.29, 1.82) is 0 Å². The number of benzene rings is 3. The molecule has 3 aromatic rings. The van der Waals surface area contributed by atoms with Crippen LogP contribution in [0.1, 0.15) is 31.8 Å². The van der Waals surface area contributed by atoms with Crippen molar-refractivity contribution in [2.45, 2.75) is 6.61 Å². The second-order valence-electron chi connectivity index (χ2n) is 6.22. The van der Waals surface area contributed by atoms with Gasteiger partial charge in [0.05, 0.1) is 18.9 Å². The van der Waals surface area contributed by atoms with Crippen molar-refractivity contribution in [3.63, 3.8) is 0 Å². The number of amides is 1. The Hall–Kier alpha value is -4.00. The lowest BCUT2D eigenvalue weighted by Crippen LogP contribution is -2.17. The fraction of sp³-hybridized carbons (Fsp3) is 0.0870. The second kappa shape index (κ2) is 9.97. The molecule has 0 atom stereocenters. The Morgan fingerprint density at radius 3 is 2.33 bits per heavy atom. The van der Waals surface area contributed by atoms with Crippen molar-refractivity contribution in [3.8, 4) is 5.75 Å². The zero-order valence-electron chi connectivity index (χ0n) is 16.2. The van der Waals surface area contributed by atoms with E-state index in [4.69, 9.17) is 4.74 Å². The Labute approximate surface area is 173 Å². The summed E-state index contributed by atoms with van der Waals surface area (Å²) in [6, 6.07) is 19.3. The van der Waals surface area contributed by atoms with Crippen LogP contribution < -0.4 is 10.2 Å². The minimum atomic E-state index is -0.449. The number of methoxy groups -OCH3 is 1. The first-order valence-corrected chi connectivity index (χ1v) is 9.05. The van der Waals surface area contributed by atoms with E-state index in [2.05, 4.69) is 15.3 Å². The number of halogens is 1. The van der Waals surface area contributed by atoms with E-state index in [1.54, 1.807) is 36.4 Å². The summed E-state index contributed by atoms with van der Waals surface area (Å²) < 4.78 is 23.5. The molecule has 3 aromatic carbocycles. The highest BCUT2D eigenvalue weighted by Gasteiger charge is 2.07. The van der Waals surface area contributed by atoms with Gasteiger partial charge in [0.25, 0.3) is 5.91 Å². The fourth-order valence-corrected chi connectivity index (χ4v) is 2.56. The highest BCUT2D eigenvalue weighted by Crippen LogP contribution is 2.18. The van der Waals surface area contributed by atoms with E-state index in [-0.39, 0.29) is 6.61 Å². The molecule has 152 valence electrons. The summed E-state index contributed by atoms with van der Waals surface area (Å²) in [6.07, 6.45) is 1.47. The number of nitrogens with one attached hydrogen (secondary N) is 1. The SMILES string of the molecule is COC(=O)c1ccc(COc2ccccc2/C=N\NC(=O)c2ccc(F)cc2)cc1. The van der Waals surface area contributed by atoms with Gasteiger partial charge in [-0.15, -0.1) is 0 Å². The lowest BCUT2D eigenvalue weighted by Gasteiger charge is -2.09. The van der Waals surface area contributed by atoms with E-state index in [0.717, 1.165) is 5.56 Å². The standard InChI is InChI=1S/C23H19FN2O4/c1-29-23(28)18-8-6-16(7-9-18)15-30-21-5-3-2-4-19(21)14-25-26-22(27)17-10-12-20(24)13-11-17/h2-14H,15H2,1H3,(H,26,27)/b25-14-. The molecular weight excluding hydrogens is 387 g/mol. The van der Waals surface area contributed by atoms with Crippen LogP contribution in [0.2, 0.25) is 0 Å². The van der Waals surface area contributed by atoms with Gasteiger partial charge in [0, 0.05) is 11.1 Å². The summed E-state index contributed by atoms with van der Waals surface area (Å²) >= 11 is 0.